The second-order valence-electron chi connectivity index (χ2n) is 5.20. The van der Waals surface area contributed by atoms with Crippen molar-refractivity contribution in [2.75, 3.05) is 18.1 Å². The topological polar surface area (TPSA) is 37.8 Å². The molecule has 0 spiro atoms. The normalized spacial score (nSPS) is 11.7. The van der Waals surface area contributed by atoms with Crippen molar-refractivity contribution in [1.82, 2.24) is 9.97 Å². The van der Waals surface area contributed by atoms with Crippen LogP contribution < -0.4 is 5.32 Å². The largest absolute Gasteiger partial charge is 0.372 e. The minimum Gasteiger partial charge on any atom is -0.372 e. The standard InChI is InChI=1S/C13H22IN3S/c1-6-7-18-8-9-16-11(13(2,3)4)10(14)12(15-5)17-9/h6-8H2,1-5H3,(H,15,16,17). The van der Waals surface area contributed by atoms with Crippen molar-refractivity contribution in [1.29, 1.82) is 0 Å². The van der Waals surface area contributed by atoms with Crippen LogP contribution in [0, 0.1) is 3.57 Å². The summed E-state index contributed by atoms with van der Waals surface area (Å²) in [7, 11) is 1.92. The number of nitrogens with zero attached hydrogens (tertiary/aromatic N) is 2. The molecule has 0 aromatic carbocycles. The van der Waals surface area contributed by atoms with Crippen LogP contribution in [-0.2, 0) is 11.2 Å². The van der Waals surface area contributed by atoms with Crippen LogP contribution in [-0.4, -0.2) is 22.8 Å². The first-order chi connectivity index (χ1) is 8.40. The first-order valence-electron chi connectivity index (χ1n) is 6.22. The molecule has 0 saturated carbocycles. The highest BCUT2D eigenvalue weighted by molar-refractivity contribution is 14.1. The molecule has 0 saturated heterocycles. The van der Waals surface area contributed by atoms with Gasteiger partial charge in [0.05, 0.1) is 15.0 Å². The van der Waals surface area contributed by atoms with Crippen LogP contribution in [0.3, 0.4) is 0 Å². The van der Waals surface area contributed by atoms with E-state index in [2.05, 4.69) is 60.6 Å². The smallest absolute Gasteiger partial charge is 0.143 e. The van der Waals surface area contributed by atoms with Gasteiger partial charge in [0.2, 0.25) is 0 Å². The van der Waals surface area contributed by atoms with Gasteiger partial charge < -0.3 is 5.32 Å². The second kappa shape index (κ2) is 6.93. The van der Waals surface area contributed by atoms with Crippen molar-refractivity contribution in [3.8, 4) is 0 Å². The van der Waals surface area contributed by atoms with E-state index in [9.17, 15) is 0 Å². The summed E-state index contributed by atoms with van der Waals surface area (Å²) in [6, 6.07) is 0. The van der Waals surface area contributed by atoms with Crippen LogP contribution in [0.2, 0.25) is 0 Å². The van der Waals surface area contributed by atoms with Gasteiger partial charge >= 0.3 is 0 Å². The average Bonchev–Trinajstić information content (AvgIpc) is 2.29. The minimum atomic E-state index is 0.0508. The van der Waals surface area contributed by atoms with E-state index in [1.165, 1.54) is 6.42 Å². The fraction of sp³-hybridized carbons (Fsp3) is 0.692. The van der Waals surface area contributed by atoms with Crippen molar-refractivity contribution >= 4 is 40.2 Å². The number of halogens is 1. The van der Waals surface area contributed by atoms with Crippen LogP contribution in [0.25, 0.3) is 0 Å². The van der Waals surface area contributed by atoms with E-state index in [-0.39, 0.29) is 5.41 Å². The second-order valence-corrected chi connectivity index (χ2v) is 7.39. The quantitative estimate of drug-likeness (QED) is 0.619. The first-order valence-corrected chi connectivity index (χ1v) is 8.45. The van der Waals surface area contributed by atoms with Gasteiger partial charge in [0.25, 0.3) is 0 Å². The summed E-state index contributed by atoms with van der Waals surface area (Å²) in [5, 5.41) is 3.17. The zero-order valence-electron chi connectivity index (χ0n) is 11.8. The predicted molar refractivity (Wildman–Crippen MR) is 89.4 cm³/mol. The molecule has 0 fully saturated rings. The van der Waals surface area contributed by atoms with Crippen molar-refractivity contribution in [2.24, 2.45) is 0 Å². The number of anilines is 1. The monoisotopic (exact) mass is 379 g/mol. The molecule has 1 N–H and O–H groups in total. The lowest BCUT2D eigenvalue weighted by atomic mass is 9.92. The van der Waals surface area contributed by atoms with Gasteiger partial charge in [-0.1, -0.05) is 27.7 Å². The van der Waals surface area contributed by atoms with Gasteiger partial charge in [0.1, 0.15) is 11.6 Å². The maximum absolute atomic E-state index is 4.74. The lowest BCUT2D eigenvalue weighted by molar-refractivity contribution is 0.560. The van der Waals surface area contributed by atoms with Crippen LogP contribution in [0.15, 0.2) is 0 Å². The Morgan fingerprint density at radius 2 is 1.94 bits per heavy atom. The summed E-state index contributed by atoms with van der Waals surface area (Å²) in [6.07, 6.45) is 1.19. The Labute approximate surface area is 128 Å². The number of nitrogens with one attached hydrogen (secondary N) is 1. The Hall–Kier alpha value is -0.0400. The molecule has 1 heterocycles. The average molecular weight is 379 g/mol. The summed E-state index contributed by atoms with van der Waals surface area (Å²) in [5.41, 5.74) is 1.18. The summed E-state index contributed by atoms with van der Waals surface area (Å²) in [6.45, 7) is 8.78. The number of aromatic nitrogens is 2. The molecule has 18 heavy (non-hydrogen) atoms. The number of hydrogen-bond acceptors (Lipinski definition) is 4. The molecule has 0 radical (unpaired) electrons. The van der Waals surface area contributed by atoms with Crippen molar-refractivity contribution in [3.63, 3.8) is 0 Å². The molecule has 1 aromatic heterocycles. The molecule has 0 unspecified atom stereocenters. The summed E-state index contributed by atoms with van der Waals surface area (Å²) in [4.78, 5) is 9.33. The maximum Gasteiger partial charge on any atom is 0.143 e. The lowest BCUT2D eigenvalue weighted by Gasteiger charge is -2.21. The molecule has 0 aliphatic rings. The fourth-order valence-corrected chi connectivity index (χ4v) is 3.59. The molecule has 0 atom stereocenters. The highest BCUT2D eigenvalue weighted by Crippen LogP contribution is 2.29. The molecular weight excluding hydrogens is 357 g/mol. The highest BCUT2D eigenvalue weighted by atomic mass is 127. The van der Waals surface area contributed by atoms with Gasteiger partial charge in [0, 0.05) is 12.5 Å². The summed E-state index contributed by atoms with van der Waals surface area (Å²) < 4.78 is 1.13. The number of hydrogen-bond donors (Lipinski definition) is 1. The third-order valence-corrected chi connectivity index (χ3v) is 4.61. The van der Waals surface area contributed by atoms with Gasteiger partial charge in [-0.05, 0) is 34.8 Å². The van der Waals surface area contributed by atoms with E-state index in [0.29, 0.717) is 0 Å². The Kier molecular flexibility index (Phi) is 6.17. The first kappa shape index (κ1) is 16.0. The van der Waals surface area contributed by atoms with E-state index in [4.69, 9.17) is 4.98 Å². The van der Waals surface area contributed by atoms with Gasteiger partial charge in [-0.25, -0.2) is 9.97 Å². The molecular formula is C13H22IN3S. The SMILES string of the molecule is CCCSCc1nc(NC)c(I)c(C(C)(C)C)n1. The number of rotatable bonds is 5. The molecule has 0 amide bonds. The van der Waals surface area contributed by atoms with Crippen LogP contribution in [0.1, 0.15) is 45.6 Å². The molecule has 102 valence electrons. The highest BCUT2D eigenvalue weighted by Gasteiger charge is 2.22. The number of thioether (sulfide) groups is 1. The molecule has 3 nitrogen and oxygen atoms in total. The molecule has 5 heteroatoms. The summed E-state index contributed by atoms with van der Waals surface area (Å²) >= 11 is 4.23. The van der Waals surface area contributed by atoms with Crippen molar-refractivity contribution < 1.29 is 0 Å². The van der Waals surface area contributed by atoms with Crippen LogP contribution in [0.5, 0.6) is 0 Å². The third-order valence-electron chi connectivity index (χ3n) is 2.42. The van der Waals surface area contributed by atoms with Gasteiger partial charge in [0.15, 0.2) is 0 Å². The van der Waals surface area contributed by atoms with Crippen molar-refractivity contribution in [3.05, 3.63) is 15.1 Å². The van der Waals surface area contributed by atoms with Gasteiger partial charge in [-0.3, -0.25) is 0 Å². The van der Waals surface area contributed by atoms with E-state index < -0.39 is 0 Å². The van der Waals surface area contributed by atoms with E-state index in [0.717, 1.165) is 32.4 Å². The molecule has 0 aliphatic carbocycles. The molecule has 1 aromatic rings. The molecule has 0 bridgehead atoms. The third kappa shape index (κ3) is 4.26. The van der Waals surface area contributed by atoms with Crippen LogP contribution >= 0.6 is 34.4 Å². The van der Waals surface area contributed by atoms with Gasteiger partial charge in [-0.15, -0.1) is 0 Å². The minimum absolute atomic E-state index is 0.0508. The zero-order valence-corrected chi connectivity index (χ0v) is 14.8. The van der Waals surface area contributed by atoms with E-state index in [1.54, 1.807) is 0 Å². The van der Waals surface area contributed by atoms with E-state index in [1.807, 2.05) is 18.8 Å². The van der Waals surface area contributed by atoms with Gasteiger partial charge in [-0.2, -0.15) is 11.8 Å². The zero-order chi connectivity index (χ0) is 13.8. The van der Waals surface area contributed by atoms with E-state index >= 15 is 0 Å². The molecule has 1 rings (SSSR count). The predicted octanol–water partition coefficient (Wildman–Crippen LogP) is 4.06. The Balaban J connectivity index is 3.06. The Bertz CT molecular complexity index is 402. The van der Waals surface area contributed by atoms with Crippen LogP contribution in [0.4, 0.5) is 5.82 Å². The molecule has 0 aliphatic heterocycles. The Morgan fingerprint density at radius 1 is 1.28 bits per heavy atom. The maximum atomic E-state index is 4.74. The Morgan fingerprint density at radius 3 is 2.44 bits per heavy atom. The van der Waals surface area contributed by atoms with Crippen molar-refractivity contribution in [2.45, 2.75) is 45.3 Å². The summed E-state index contributed by atoms with van der Waals surface area (Å²) in [5.74, 6) is 3.93. The lowest BCUT2D eigenvalue weighted by Crippen LogP contribution is -2.19. The fourth-order valence-electron chi connectivity index (χ4n) is 1.53.